The SMILES string of the molecule is O=C(NC1CCSCC1)c1cc(S(=O)(=O)N2CCCCC2)ccc1N1CCCCC1. The highest BCUT2D eigenvalue weighted by Crippen LogP contribution is 2.29. The molecule has 4 rings (SSSR count). The van der Waals surface area contributed by atoms with Gasteiger partial charge in [0.25, 0.3) is 5.91 Å². The van der Waals surface area contributed by atoms with Crippen LogP contribution in [0.3, 0.4) is 0 Å². The number of rotatable bonds is 5. The number of thioether (sulfide) groups is 1. The van der Waals surface area contributed by atoms with Crippen molar-refractivity contribution >= 4 is 33.4 Å². The van der Waals surface area contributed by atoms with Crippen molar-refractivity contribution in [3.8, 4) is 0 Å². The predicted octanol–water partition coefficient (Wildman–Crippen LogP) is 3.48. The van der Waals surface area contributed by atoms with Gasteiger partial charge in [-0.3, -0.25) is 4.79 Å². The molecule has 0 aromatic heterocycles. The Kier molecular flexibility index (Phi) is 7.26. The number of carbonyl (C=O) groups excluding carboxylic acids is 1. The van der Waals surface area contributed by atoms with Gasteiger partial charge in [-0.1, -0.05) is 6.42 Å². The number of nitrogens with one attached hydrogen (secondary N) is 1. The van der Waals surface area contributed by atoms with Crippen LogP contribution in [0.1, 0.15) is 61.7 Å². The molecule has 8 heteroatoms. The molecule has 3 aliphatic rings. The third-order valence-corrected chi connectivity index (χ3v) is 9.36. The second-order valence-electron chi connectivity index (χ2n) is 8.55. The summed E-state index contributed by atoms with van der Waals surface area (Å²) in [6.45, 7) is 2.96. The first-order valence-corrected chi connectivity index (χ1v) is 13.9. The fourth-order valence-electron chi connectivity index (χ4n) is 4.63. The summed E-state index contributed by atoms with van der Waals surface area (Å²) in [5, 5.41) is 3.19. The molecule has 3 saturated heterocycles. The van der Waals surface area contributed by atoms with Crippen molar-refractivity contribution in [1.29, 1.82) is 0 Å². The molecule has 166 valence electrons. The Balaban J connectivity index is 1.64. The molecule has 6 nitrogen and oxygen atoms in total. The number of carbonyl (C=O) groups is 1. The van der Waals surface area contributed by atoms with Crippen LogP contribution in [0.2, 0.25) is 0 Å². The Bertz CT molecular complexity index is 841. The van der Waals surface area contributed by atoms with Gasteiger partial charge >= 0.3 is 0 Å². The molecule has 1 amide bonds. The summed E-state index contributed by atoms with van der Waals surface area (Å²) in [5.74, 6) is 1.99. The van der Waals surface area contributed by atoms with E-state index in [9.17, 15) is 13.2 Å². The Morgan fingerprint density at radius 3 is 2.23 bits per heavy atom. The number of piperidine rings is 2. The van der Waals surface area contributed by atoms with E-state index in [1.165, 1.54) is 6.42 Å². The smallest absolute Gasteiger partial charge is 0.253 e. The topological polar surface area (TPSA) is 69.7 Å². The molecule has 0 spiro atoms. The van der Waals surface area contributed by atoms with Crippen LogP contribution in [0.4, 0.5) is 5.69 Å². The standard InChI is InChI=1S/C22H33N3O3S2/c26-22(23-18-9-15-29-16-10-18)20-17-19(30(27,28)25-13-5-2-6-14-25)7-8-21(20)24-11-3-1-4-12-24/h7-8,17-18H,1-6,9-16H2,(H,23,26). The lowest BCUT2D eigenvalue weighted by atomic mass is 10.1. The van der Waals surface area contributed by atoms with Crippen LogP contribution in [-0.4, -0.2) is 62.4 Å². The van der Waals surface area contributed by atoms with Crippen molar-refractivity contribution in [3.63, 3.8) is 0 Å². The molecule has 0 saturated carbocycles. The zero-order valence-electron chi connectivity index (χ0n) is 17.6. The maximum atomic E-state index is 13.3. The lowest BCUT2D eigenvalue weighted by Crippen LogP contribution is -2.39. The molecular formula is C22H33N3O3S2. The van der Waals surface area contributed by atoms with E-state index in [1.54, 1.807) is 16.4 Å². The van der Waals surface area contributed by atoms with Crippen molar-refractivity contribution in [1.82, 2.24) is 9.62 Å². The van der Waals surface area contributed by atoms with Gasteiger partial charge in [0, 0.05) is 37.9 Å². The predicted molar refractivity (Wildman–Crippen MR) is 123 cm³/mol. The van der Waals surface area contributed by atoms with Gasteiger partial charge in [0.1, 0.15) is 0 Å². The van der Waals surface area contributed by atoms with Crippen molar-refractivity contribution in [3.05, 3.63) is 23.8 Å². The molecule has 1 aromatic rings. The number of benzene rings is 1. The molecule has 0 bridgehead atoms. The van der Waals surface area contributed by atoms with Gasteiger partial charge in [-0.05, 0) is 74.7 Å². The highest BCUT2D eigenvalue weighted by molar-refractivity contribution is 7.99. The van der Waals surface area contributed by atoms with E-state index in [2.05, 4.69) is 10.2 Å². The highest BCUT2D eigenvalue weighted by atomic mass is 32.2. The average molecular weight is 452 g/mol. The summed E-state index contributed by atoms with van der Waals surface area (Å²) < 4.78 is 28.0. The third-order valence-electron chi connectivity index (χ3n) is 6.42. The van der Waals surface area contributed by atoms with Gasteiger partial charge in [0.2, 0.25) is 10.0 Å². The van der Waals surface area contributed by atoms with Crippen molar-refractivity contribution in [2.24, 2.45) is 0 Å². The quantitative estimate of drug-likeness (QED) is 0.742. The van der Waals surface area contributed by atoms with Gasteiger partial charge in [0.15, 0.2) is 0 Å². The zero-order valence-corrected chi connectivity index (χ0v) is 19.3. The summed E-state index contributed by atoms with van der Waals surface area (Å²) in [7, 11) is -3.57. The second-order valence-corrected chi connectivity index (χ2v) is 11.7. The second kappa shape index (κ2) is 9.92. The monoisotopic (exact) mass is 451 g/mol. The Labute approximate surface area is 184 Å². The normalized spacial score (nSPS) is 22.1. The number of anilines is 1. The maximum absolute atomic E-state index is 13.3. The number of nitrogens with zero attached hydrogens (tertiary/aromatic N) is 2. The molecule has 0 aliphatic carbocycles. The minimum Gasteiger partial charge on any atom is -0.371 e. The molecule has 0 radical (unpaired) electrons. The summed E-state index contributed by atoms with van der Waals surface area (Å²) in [5.41, 5.74) is 1.38. The lowest BCUT2D eigenvalue weighted by molar-refractivity contribution is 0.0935. The van der Waals surface area contributed by atoms with Gasteiger partial charge in [0.05, 0.1) is 10.5 Å². The van der Waals surface area contributed by atoms with Crippen LogP contribution in [0.15, 0.2) is 23.1 Å². The summed E-state index contributed by atoms with van der Waals surface area (Å²) in [6, 6.07) is 5.35. The van der Waals surface area contributed by atoms with E-state index in [4.69, 9.17) is 0 Å². The van der Waals surface area contributed by atoms with E-state index in [1.807, 2.05) is 17.8 Å². The van der Waals surface area contributed by atoms with E-state index >= 15 is 0 Å². The molecule has 3 fully saturated rings. The van der Waals surface area contributed by atoms with Crippen molar-refractivity contribution < 1.29 is 13.2 Å². The third kappa shape index (κ3) is 4.97. The molecule has 0 unspecified atom stereocenters. The summed E-state index contributed by atoms with van der Waals surface area (Å²) >= 11 is 1.92. The van der Waals surface area contributed by atoms with Crippen molar-refractivity contribution in [2.75, 3.05) is 42.6 Å². The molecule has 3 aliphatic heterocycles. The fraction of sp³-hybridized carbons (Fsp3) is 0.682. The highest BCUT2D eigenvalue weighted by Gasteiger charge is 2.29. The maximum Gasteiger partial charge on any atom is 0.253 e. The van der Waals surface area contributed by atoms with Gasteiger partial charge in [-0.15, -0.1) is 0 Å². The first kappa shape index (κ1) is 22.0. The van der Waals surface area contributed by atoms with Crippen LogP contribution in [0, 0.1) is 0 Å². The molecule has 3 heterocycles. The number of amides is 1. The molecule has 0 atom stereocenters. The van der Waals surface area contributed by atoms with Gasteiger partial charge < -0.3 is 10.2 Å². The lowest BCUT2D eigenvalue weighted by Gasteiger charge is -2.32. The van der Waals surface area contributed by atoms with Crippen LogP contribution < -0.4 is 10.2 Å². The fourth-order valence-corrected chi connectivity index (χ4v) is 7.28. The molecular weight excluding hydrogens is 418 g/mol. The number of hydrogen-bond donors (Lipinski definition) is 1. The number of hydrogen-bond acceptors (Lipinski definition) is 5. The molecule has 1 aromatic carbocycles. The van der Waals surface area contributed by atoms with Crippen molar-refractivity contribution in [2.45, 2.75) is 62.3 Å². The number of sulfonamides is 1. The minimum atomic E-state index is -3.57. The Morgan fingerprint density at radius 1 is 0.933 bits per heavy atom. The van der Waals surface area contributed by atoms with E-state index < -0.39 is 10.0 Å². The minimum absolute atomic E-state index is 0.136. The summed E-state index contributed by atoms with van der Waals surface area (Å²) in [6.07, 6.45) is 8.24. The molecule has 30 heavy (non-hydrogen) atoms. The largest absolute Gasteiger partial charge is 0.371 e. The van der Waals surface area contributed by atoms with Crippen LogP contribution >= 0.6 is 11.8 Å². The van der Waals surface area contributed by atoms with Gasteiger partial charge in [-0.2, -0.15) is 16.1 Å². The Hall–Kier alpha value is -1.25. The van der Waals surface area contributed by atoms with E-state index in [0.29, 0.717) is 18.7 Å². The Morgan fingerprint density at radius 2 is 1.57 bits per heavy atom. The van der Waals surface area contributed by atoms with Crippen LogP contribution in [-0.2, 0) is 10.0 Å². The van der Waals surface area contributed by atoms with Gasteiger partial charge in [-0.25, -0.2) is 8.42 Å². The first-order valence-electron chi connectivity index (χ1n) is 11.3. The average Bonchev–Trinajstić information content (AvgIpc) is 2.80. The van der Waals surface area contributed by atoms with Crippen LogP contribution in [0.25, 0.3) is 0 Å². The summed E-state index contributed by atoms with van der Waals surface area (Å²) in [4.78, 5) is 15.8. The van der Waals surface area contributed by atoms with E-state index in [0.717, 1.165) is 75.2 Å². The molecule has 1 N–H and O–H groups in total. The zero-order chi connectivity index (χ0) is 21.0. The van der Waals surface area contributed by atoms with Crippen LogP contribution in [0.5, 0.6) is 0 Å². The first-order chi connectivity index (χ1) is 14.6. The van der Waals surface area contributed by atoms with E-state index in [-0.39, 0.29) is 16.8 Å².